The van der Waals surface area contributed by atoms with Gasteiger partial charge in [-0.25, -0.2) is 0 Å². The molecule has 0 saturated carbocycles. The maximum absolute atomic E-state index is 11.3. The van der Waals surface area contributed by atoms with Crippen LogP contribution in [-0.4, -0.2) is 10.2 Å². The second-order valence-electron chi connectivity index (χ2n) is 3.45. The lowest BCUT2D eigenvalue weighted by molar-refractivity contribution is 0.430. The highest BCUT2D eigenvalue weighted by Crippen LogP contribution is 2.28. The van der Waals surface area contributed by atoms with Crippen LogP contribution < -0.4 is 5.43 Å². The third-order valence-corrected chi connectivity index (χ3v) is 2.18. The Morgan fingerprint density at radius 3 is 2.38 bits per heavy atom. The normalized spacial score (nSPS) is 10.3. The minimum atomic E-state index is -0.480. The number of benzene rings is 1. The van der Waals surface area contributed by atoms with Crippen LogP contribution in [0.2, 0.25) is 0 Å². The lowest BCUT2D eigenvalue weighted by Gasteiger charge is -2.04. The number of hydrogen-bond donors (Lipinski definition) is 2. The summed E-state index contributed by atoms with van der Waals surface area (Å²) in [6.07, 6.45) is 0. The SMILES string of the molecule is Cc1cc(=O)c(O)c(-c2ccc(O)cc2)o1. The van der Waals surface area contributed by atoms with E-state index in [0.717, 1.165) is 0 Å². The number of aryl methyl sites for hydroxylation is 1. The Kier molecular flexibility index (Phi) is 2.40. The molecule has 0 fully saturated rings. The average Bonchev–Trinajstić information content (AvgIpc) is 2.25. The molecule has 16 heavy (non-hydrogen) atoms. The average molecular weight is 218 g/mol. The number of hydrogen-bond acceptors (Lipinski definition) is 4. The van der Waals surface area contributed by atoms with Gasteiger partial charge in [0.1, 0.15) is 11.5 Å². The van der Waals surface area contributed by atoms with Gasteiger partial charge in [0.15, 0.2) is 5.76 Å². The van der Waals surface area contributed by atoms with Crippen LogP contribution in [0.15, 0.2) is 39.5 Å². The van der Waals surface area contributed by atoms with Gasteiger partial charge >= 0.3 is 0 Å². The molecule has 82 valence electrons. The third-order valence-electron chi connectivity index (χ3n) is 2.18. The van der Waals surface area contributed by atoms with Crippen LogP contribution in [-0.2, 0) is 0 Å². The van der Waals surface area contributed by atoms with Crippen molar-refractivity contribution in [1.29, 1.82) is 0 Å². The summed E-state index contributed by atoms with van der Waals surface area (Å²) in [5.41, 5.74) is 0.0583. The largest absolute Gasteiger partial charge is 0.508 e. The molecule has 4 nitrogen and oxygen atoms in total. The molecule has 0 spiro atoms. The van der Waals surface area contributed by atoms with Crippen molar-refractivity contribution in [2.75, 3.05) is 0 Å². The first-order valence-corrected chi connectivity index (χ1v) is 4.71. The summed E-state index contributed by atoms with van der Waals surface area (Å²) in [7, 11) is 0. The van der Waals surface area contributed by atoms with Crippen molar-refractivity contribution in [3.8, 4) is 22.8 Å². The first-order valence-electron chi connectivity index (χ1n) is 4.71. The standard InChI is InChI=1S/C12H10O4/c1-7-6-10(14)11(15)12(16-7)8-2-4-9(13)5-3-8/h2-6,13,15H,1H3. The number of phenolic OH excluding ortho intramolecular Hbond substituents is 1. The fourth-order valence-electron chi connectivity index (χ4n) is 1.41. The quantitative estimate of drug-likeness (QED) is 0.768. The number of rotatable bonds is 1. The van der Waals surface area contributed by atoms with Gasteiger partial charge < -0.3 is 14.6 Å². The highest BCUT2D eigenvalue weighted by Gasteiger charge is 2.11. The lowest BCUT2D eigenvalue weighted by atomic mass is 10.1. The maximum atomic E-state index is 11.3. The van der Waals surface area contributed by atoms with Gasteiger partial charge in [0.2, 0.25) is 11.2 Å². The zero-order valence-corrected chi connectivity index (χ0v) is 8.60. The predicted octanol–water partition coefficient (Wildman–Crippen LogP) is 2.03. The van der Waals surface area contributed by atoms with E-state index in [2.05, 4.69) is 0 Å². The molecule has 0 radical (unpaired) electrons. The second-order valence-corrected chi connectivity index (χ2v) is 3.45. The van der Waals surface area contributed by atoms with E-state index < -0.39 is 11.2 Å². The van der Waals surface area contributed by atoms with Crippen molar-refractivity contribution in [2.45, 2.75) is 6.92 Å². The molecule has 0 aliphatic carbocycles. The van der Waals surface area contributed by atoms with Gasteiger partial charge in [-0.05, 0) is 31.2 Å². The fourth-order valence-corrected chi connectivity index (χ4v) is 1.41. The van der Waals surface area contributed by atoms with Gasteiger partial charge in [0.05, 0.1) is 0 Å². The first kappa shape index (κ1) is 10.3. The lowest BCUT2D eigenvalue weighted by Crippen LogP contribution is -2.00. The molecule has 0 amide bonds. The van der Waals surface area contributed by atoms with Crippen LogP contribution in [0.25, 0.3) is 11.3 Å². The molecule has 0 bridgehead atoms. The van der Waals surface area contributed by atoms with Crippen molar-refractivity contribution in [2.24, 2.45) is 0 Å². The van der Waals surface area contributed by atoms with Gasteiger partial charge in [0.25, 0.3) is 0 Å². The Labute approximate surface area is 91.4 Å². The summed E-state index contributed by atoms with van der Waals surface area (Å²) < 4.78 is 5.28. The second kappa shape index (κ2) is 3.73. The van der Waals surface area contributed by atoms with Crippen molar-refractivity contribution in [3.63, 3.8) is 0 Å². The van der Waals surface area contributed by atoms with Gasteiger partial charge in [-0.1, -0.05) is 0 Å². The van der Waals surface area contributed by atoms with E-state index in [1.54, 1.807) is 19.1 Å². The first-order chi connectivity index (χ1) is 7.58. The van der Waals surface area contributed by atoms with Crippen LogP contribution in [0.5, 0.6) is 11.5 Å². The smallest absolute Gasteiger partial charge is 0.227 e. The summed E-state index contributed by atoms with van der Waals surface area (Å²) in [5, 5.41) is 18.7. The Morgan fingerprint density at radius 2 is 1.75 bits per heavy atom. The van der Waals surface area contributed by atoms with Crippen molar-refractivity contribution < 1.29 is 14.6 Å². The van der Waals surface area contributed by atoms with Gasteiger partial charge in [-0.2, -0.15) is 0 Å². The molecule has 2 rings (SSSR count). The van der Waals surface area contributed by atoms with Crippen molar-refractivity contribution >= 4 is 0 Å². The van der Waals surface area contributed by atoms with E-state index in [4.69, 9.17) is 9.52 Å². The van der Waals surface area contributed by atoms with E-state index in [9.17, 15) is 9.90 Å². The van der Waals surface area contributed by atoms with Crippen LogP contribution in [0, 0.1) is 6.92 Å². The van der Waals surface area contributed by atoms with Crippen LogP contribution >= 0.6 is 0 Å². The minimum Gasteiger partial charge on any atom is -0.508 e. The highest BCUT2D eigenvalue weighted by molar-refractivity contribution is 5.64. The zero-order valence-electron chi connectivity index (χ0n) is 8.60. The number of phenols is 1. The van der Waals surface area contributed by atoms with Crippen LogP contribution in [0.3, 0.4) is 0 Å². The summed E-state index contributed by atoms with van der Waals surface area (Å²) in [6.45, 7) is 1.63. The van der Waals surface area contributed by atoms with Crippen molar-refractivity contribution in [3.05, 3.63) is 46.3 Å². The monoisotopic (exact) mass is 218 g/mol. The molecular formula is C12H10O4. The summed E-state index contributed by atoms with van der Waals surface area (Å²) in [6, 6.07) is 7.26. The van der Waals surface area contributed by atoms with E-state index in [0.29, 0.717) is 11.3 Å². The highest BCUT2D eigenvalue weighted by atomic mass is 16.4. The van der Waals surface area contributed by atoms with Crippen LogP contribution in [0.4, 0.5) is 0 Å². The molecule has 1 heterocycles. The van der Waals surface area contributed by atoms with Gasteiger partial charge in [-0.3, -0.25) is 4.79 Å². The van der Waals surface area contributed by atoms with E-state index in [-0.39, 0.29) is 11.5 Å². The number of aromatic hydroxyl groups is 2. The molecule has 0 aliphatic rings. The molecule has 0 aliphatic heterocycles. The Morgan fingerprint density at radius 1 is 1.12 bits per heavy atom. The Hall–Kier alpha value is -2.23. The molecule has 1 aromatic carbocycles. The molecule has 0 atom stereocenters. The zero-order chi connectivity index (χ0) is 11.7. The molecule has 0 unspecified atom stereocenters. The van der Waals surface area contributed by atoms with Gasteiger partial charge in [-0.15, -0.1) is 0 Å². The Bertz CT molecular complexity index is 567. The van der Waals surface area contributed by atoms with Crippen molar-refractivity contribution in [1.82, 2.24) is 0 Å². The van der Waals surface area contributed by atoms with Gasteiger partial charge in [0, 0.05) is 11.6 Å². The fraction of sp³-hybridized carbons (Fsp3) is 0.0833. The van der Waals surface area contributed by atoms with E-state index in [1.807, 2.05) is 0 Å². The predicted molar refractivity (Wildman–Crippen MR) is 58.5 cm³/mol. The molecule has 2 N–H and O–H groups in total. The summed E-state index contributed by atoms with van der Waals surface area (Å²) in [5.74, 6) is 0.227. The molecule has 1 aromatic heterocycles. The molecule has 4 heteroatoms. The van der Waals surface area contributed by atoms with Crippen LogP contribution in [0.1, 0.15) is 5.76 Å². The van der Waals surface area contributed by atoms with E-state index >= 15 is 0 Å². The minimum absolute atomic E-state index is 0.109. The summed E-state index contributed by atoms with van der Waals surface area (Å²) >= 11 is 0. The molecule has 2 aromatic rings. The topological polar surface area (TPSA) is 70.7 Å². The summed E-state index contributed by atoms with van der Waals surface area (Å²) in [4.78, 5) is 11.3. The third kappa shape index (κ3) is 1.77. The van der Waals surface area contributed by atoms with E-state index in [1.165, 1.54) is 18.2 Å². The Balaban J connectivity index is 2.64. The maximum Gasteiger partial charge on any atom is 0.227 e. The molecular weight excluding hydrogens is 208 g/mol. The molecule has 0 saturated heterocycles.